The number of benzene rings is 2. The highest BCUT2D eigenvalue weighted by Gasteiger charge is 2.49. The molecule has 8 atom stereocenters. The molecule has 4 aliphatic rings. The van der Waals surface area contributed by atoms with E-state index in [1.165, 1.54) is 33.9 Å². The van der Waals surface area contributed by atoms with E-state index < -0.39 is 67.0 Å². The fraction of sp³-hybridized carbons (Fsp3) is 0.444. The minimum Gasteiger partial charge on any atom is -0.410 e. The summed E-state index contributed by atoms with van der Waals surface area (Å²) < 4.78 is 25.2. The van der Waals surface area contributed by atoms with Crippen molar-refractivity contribution in [3.05, 3.63) is 78.8 Å². The largest absolute Gasteiger partial charge is 0.415 e. The van der Waals surface area contributed by atoms with Gasteiger partial charge in [0.2, 0.25) is 5.82 Å². The molecule has 85 heavy (non-hydrogen) atoms. The normalized spacial score (nSPS) is 22.3. The number of nitrogen functional groups attached to an aromatic ring is 2. The molecule has 4 amide bonds. The number of fused-ring (bicyclic) bond motifs is 2. The van der Waals surface area contributed by atoms with Crippen molar-refractivity contribution in [2.24, 2.45) is 11.8 Å². The SMILES string of the molecule is C#CCC1CCN(C(=O)Oc2ccc(Cl)c(Cl)c2)CC1.CCNC(=O)[C@H]1O[C@@H](n2cnc3c(N)nc(C#CCC4CCN(C(=O)Oc5ccc(Cl)c(Cl)c5)CC4)nc32)C(O)[C@H]1O.CCNC(=O)[C@H]1O[C@@H](n2cnc3c(N)nc(I)nc32)C(O)[C@H]1O. The van der Waals surface area contributed by atoms with Crippen molar-refractivity contribution >= 4 is 127 Å². The van der Waals surface area contributed by atoms with Crippen LogP contribution in [0.5, 0.6) is 11.5 Å². The van der Waals surface area contributed by atoms with Crippen molar-refractivity contribution in [2.45, 2.75) is 101 Å². The Morgan fingerprint density at radius 2 is 1.09 bits per heavy atom. The van der Waals surface area contributed by atoms with Gasteiger partial charge in [-0.1, -0.05) is 52.3 Å². The van der Waals surface area contributed by atoms with Crippen molar-refractivity contribution in [3.63, 3.8) is 0 Å². The number of amides is 4. The number of aliphatic hydroxyl groups excluding tert-OH is 4. The Hall–Kier alpha value is -6.61. The minimum atomic E-state index is -1.44. The van der Waals surface area contributed by atoms with Crippen LogP contribution < -0.4 is 31.6 Å². The third kappa shape index (κ3) is 15.5. The first-order valence-corrected chi connectivity index (χ1v) is 29.3. The van der Waals surface area contributed by atoms with Gasteiger partial charge in [-0.2, -0.15) is 0 Å². The summed E-state index contributed by atoms with van der Waals surface area (Å²) in [5.41, 5.74) is 13.1. The number of nitrogens with one attached hydrogen (secondary N) is 2. The van der Waals surface area contributed by atoms with Gasteiger partial charge < -0.3 is 71.3 Å². The Morgan fingerprint density at radius 1 is 0.659 bits per heavy atom. The van der Waals surface area contributed by atoms with Gasteiger partial charge in [-0.3, -0.25) is 18.7 Å². The monoisotopic (exact) mass is 1360 g/mol. The molecular weight excluding hydrogens is 1310 g/mol. The number of nitrogens with two attached hydrogens (primary N) is 2. The number of aromatic nitrogens is 8. The van der Waals surface area contributed by atoms with Crippen molar-refractivity contribution < 1.29 is 58.6 Å². The number of likely N-dealkylation sites (N-methyl/N-ethyl adjacent to an activating group) is 2. The van der Waals surface area contributed by atoms with Gasteiger partial charge in [-0.15, -0.1) is 12.3 Å². The molecule has 8 heterocycles. The van der Waals surface area contributed by atoms with E-state index in [0.717, 1.165) is 32.1 Å². The standard InChI is InChI=1S/C27H29Cl2N7O6.C15H15Cl2NO2.C12H15IN6O4/c1-2-31-25(39)22-20(37)21(38)26(42-22)36-13-32-19-23(30)33-18(34-24(19)36)5-3-4-14-8-10-35(11-9-14)27(40)41-15-6-7-16(28)17(29)12-15;1-2-3-11-6-8-18(9-7-11)15(19)20-12-4-5-13(16)14(17)10-12;1-2-15-10(22)7-5(20)6(21)11(23-7)19-3-16-4-8(14)17-12(13)18-9(4)19/h6-7,12-14,20-22,26,37-38H,2,4,8-11H2,1H3,(H,31,39)(H2,30,33,34);1,4-5,10-11H,3,6-9H2;3,5-7,11,20-21H,2H2,1H3,(H,15,22)(H2,14,17,18)/t20-,21?,22+,26-;;5-,6?,7+,11-/m1.1/s1. The van der Waals surface area contributed by atoms with Crippen molar-refractivity contribution in [3.8, 4) is 35.7 Å². The molecular formula is C54H59Cl4IN14O12. The molecule has 0 aliphatic carbocycles. The Morgan fingerprint density at radius 3 is 1.53 bits per heavy atom. The lowest BCUT2D eigenvalue weighted by molar-refractivity contribution is -0.138. The van der Waals surface area contributed by atoms with Crippen LogP contribution in [-0.2, 0) is 19.1 Å². The highest BCUT2D eigenvalue weighted by Crippen LogP contribution is 2.35. The molecule has 10 rings (SSSR count). The number of aliphatic hydroxyl groups is 4. The van der Waals surface area contributed by atoms with Gasteiger partial charge in [0.1, 0.15) is 46.9 Å². The minimum absolute atomic E-state index is 0.0881. The Kier molecular flexibility index (Phi) is 22.1. The first-order chi connectivity index (χ1) is 40.7. The number of carbonyl (C=O) groups excluding carboxylic acids is 4. The second-order valence-electron chi connectivity index (χ2n) is 19.8. The number of likely N-dealkylation sites (tertiary alicyclic amines) is 2. The maximum atomic E-state index is 12.5. The van der Waals surface area contributed by atoms with E-state index in [9.17, 15) is 39.6 Å². The number of terminal acetylenes is 1. The number of anilines is 2. The number of piperidine rings is 2. The summed E-state index contributed by atoms with van der Waals surface area (Å²) in [5, 5.41) is 47.9. The molecule has 10 N–H and O–H groups in total. The number of imidazole rings is 2. The van der Waals surface area contributed by atoms with E-state index in [0.29, 0.717) is 98.2 Å². The molecule has 0 radical (unpaired) electrons. The fourth-order valence-electron chi connectivity index (χ4n) is 9.53. The molecule has 2 aromatic carbocycles. The zero-order chi connectivity index (χ0) is 61.2. The zero-order valence-electron chi connectivity index (χ0n) is 45.5. The van der Waals surface area contributed by atoms with E-state index in [1.54, 1.807) is 47.9 Å². The third-order valence-electron chi connectivity index (χ3n) is 14.0. The van der Waals surface area contributed by atoms with Gasteiger partial charge >= 0.3 is 12.2 Å². The predicted molar refractivity (Wildman–Crippen MR) is 320 cm³/mol. The third-order valence-corrected chi connectivity index (χ3v) is 16.0. The molecule has 452 valence electrons. The number of hydrogen-bond acceptors (Lipinski definition) is 20. The second kappa shape index (κ2) is 29.2. The number of ether oxygens (including phenoxy) is 4. The molecule has 2 unspecified atom stereocenters. The molecule has 4 saturated heterocycles. The van der Waals surface area contributed by atoms with E-state index in [1.807, 2.05) is 22.6 Å². The maximum absolute atomic E-state index is 12.5. The average Bonchev–Trinajstić information content (AvgIpc) is 2.36. The lowest BCUT2D eigenvalue weighted by Gasteiger charge is -2.30. The van der Waals surface area contributed by atoms with Gasteiger partial charge in [-0.05, 0) is 81.6 Å². The molecule has 4 aliphatic heterocycles. The van der Waals surface area contributed by atoms with Crippen LogP contribution in [0.15, 0.2) is 49.1 Å². The molecule has 31 heteroatoms. The Balaban J connectivity index is 0.000000184. The molecule has 26 nitrogen and oxygen atoms in total. The van der Waals surface area contributed by atoms with E-state index in [4.69, 9.17) is 83.2 Å². The van der Waals surface area contributed by atoms with E-state index in [-0.39, 0.29) is 40.6 Å². The summed E-state index contributed by atoms with van der Waals surface area (Å²) in [6.45, 7) is 6.61. The highest BCUT2D eigenvalue weighted by molar-refractivity contribution is 14.1. The Labute approximate surface area is 520 Å². The summed E-state index contributed by atoms with van der Waals surface area (Å²) >= 11 is 25.5. The molecule has 0 saturated carbocycles. The molecule has 0 bridgehead atoms. The van der Waals surface area contributed by atoms with Gasteiger partial charge in [-0.25, -0.2) is 39.5 Å². The van der Waals surface area contributed by atoms with Gasteiger partial charge in [0.15, 0.2) is 51.4 Å². The number of hydrogen-bond donors (Lipinski definition) is 8. The topological polar surface area (TPSA) is 356 Å². The van der Waals surface area contributed by atoms with Crippen LogP contribution in [0, 0.1) is 39.9 Å². The first-order valence-electron chi connectivity index (χ1n) is 26.7. The molecule has 6 aromatic rings. The Bertz CT molecular complexity index is 3510. The predicted octanol–water partition coefficient (Wildman–Crippen LogP) is 5.12. The zero-order valence-corrected chi connectivity index (χ0v) is 50.7. The van der Waals surface area contributed by atoms with Gasteiger partial charge in [0.05, 0.1) is 32.7 Å². The fourth-order valence-corrected chi connectivity index (χ4v) is 10.6. The van der Waals surface area contributed by atoms with Crippen molar-refractivity contribution in [1.82, 2.24) is 59.5 Å². The number of halogens is 5. The van der Waals surface area contributed by atoms with Crippen LogP contribution in [0.3, 0.4) is 0 Å². The summed E-state index contributed by atoms with van der Waals surface area (Å²) in [5.74, 6) is 9.60. The number of rotatable bonds is 10. The van der Waals surface area contributed by atoms with Crippen LogP contribution in [0.1, 0.15) is 70.7 Å². The molecule has 4 fully saturated rings. The van der Waals surface area contributed by atoms with E-state index >= 15 is 0 Å². The number of carbonyl (C=O) groups is 4. The van der Waals surface area contributed by atoms with E-state index in [2.05, 4.69) is 58.3 Å². The smallest absolute Gasteiger partial charge is 0.410 e. The summed E-state index contributed by atoms with van der Waals surface area (Å²) in [7, 11) is 0. The van der Waals surface area contributed by atoms with Crippen LogP contribution in [0.4, 0.5) is 21.2 Å². The van der Waals surface area contributed by atoms with Crippen LogP contribution in [0.2, 0.25) is 20.1 Å². The summed E-state index contributed by atoms with van der Waals surface area (Å²) in [6.07, 6.45) is 1.79. The average molecular weight is 1360 g/mol. The van der Waals surface area contributed by atoms with Crippen LogP contribution in [0.25, 0.3) is 22.3 Å². The summed E-state index contributed by atoms with van der Waals surface area (Å²) in [6, 6.07) is 9.41. The summed E-state index contributed by atoms with van der Waals surface area (Å²) in [4.78, 5) is 77.3. The number of nitrogens with zero attached hydrogens (tertiary/aromatic N) is 10. The first kappa shape index (κ1) is 64.4. The lowest BCUT2D eigenvalue weighted by Crippen LogP contribution is -2.42. The van der Waals surface area contributed by atoms with Crippen LogP contribution >= 0.6 is 69.0 Å². The lowest BCUT2D eigenvalue weighted by atomic mass is 9.94. The van der Waals surface area contributed by atoms with Gasteiger partial charge in [0.25, 0.3) is 11.8 Å². The van der Waals surface area contributed by atoms with Gasteiger partial charge in [0, 0.05) is 86.8 Å². The quantitative estimate of drug-likeness (QED) is 0.0501. The molecule has 0 spiro atoms. The van der Waals surface area contributed by atoms with Crippen LogP contribution in [-0.4, -0.2) is 169 Å². The maximum Gasteiger partial charge on any atom is 0.415 e. The molecule has 4 aromatic heterocycles. The van der Waals surface area contributed by atoms with Crippen molar-refractivity contribution in [1.29, 1.82) is 0 Å². The van der Waals surface area contributed by atoms with Crippen molar-refractivity contribution in [2.75, 3.05) is 50.7 Å². The second-order valence-corrected chi connectivity index (χ2v) is 22.4. The highest BCUT2D eigenvalue weighted by atomic mass is 127.